The molecule has 0 aliphatic heterocycles. The zero-order valence-corrected chi connectivity index (χ0v) is 20.4. The van der Waals surface area contributed by atoms with Gasteiger partial charge in [-0.25, -0.2) is 9.59 Å². The number of hydrogen-bond acceptors (Lipinski definition) is 6. The summed E-state index contributed by atoms with van der Waals surface area (Å²) in [7, 11) is 1.67. The molecule has 0 radical (unpaired) electrons. The fourth-order valence-corrected chi connectivity index (χ4v) is 3.44. The van der Waals surface area contributed by atoms with Crippen LogP contribution in [0.3, 0.4) is 0 Å². The SMILES string of the molecule is CNc1cc(C(=O)O)ccc1OC(C)NCC(=O)Cc1ccc(NC(=O)Nc2ccccc2C)cc1. The minimum absolute atomic E-state index is 0.0291. The van der Waals surface area contributed by atoms with E-state index in [0.717, 1.165) is 16.8 Å². The number of benzene rings is 3. The van der Waals surface area contributed by atoms with Crippen LogP contribution in [-0.4, -0.2) is 42.7 Å². The highest BCUT2D eigenvalue weighted by molar-refractivity contribution is 6.00. The van der Waals surface area contributed by atoms with Crippen LogP contribution in [0.1, 0.15) is 28.4 Å². The zero-order valence-electron chi connectivity index (χ0n) is 20.4. The number of Topliss-reactive ketones (excluding diaryl/α,β-unsaturated/α-hetero) is 1. The number of para-hydroxylation sites is 1. The minimum atomic E-state index is -1.02. The standard InChI is InChI=1S/C27H30N4O5/c1-17-6-4-5-7-23(17)31-27(35)30-21-11-8-19(9-12-21)14-22(32)16-29-18(2)36-25-13-10-20(26(33)34)15-24(25)28-3/h4-13,15,18,28-29H,14,16H2,1-3H3,(H,33,34)(H2,30,31,35). The molecule has 2 amide bonds. The molecule has 0 heterocycles. The van der Waals surface area contributed by atoms with Gasteiger partial charge >= 0.3 is 12.0 Å². The first kappa shape index (κ1) is 26.2. The van der Waals surface area contributed by atoms with Gasteiger partial charge in [0.1, 0.15) is 12.0 Å². The molecule has 1 unspecified atom stereocenters. The topological polar surface area (TPSA) is 129 Å². The summed E-state index contributed by atoms with van der Waals surface area (Å²) >= 11 is 0. The average molecular weight is 491 g/mol. The number of carboxylic acid groups (broad SMARTS) is 1. The number of ketones is 1. The van der Waals surface area contributed by atoms with E-state index in [2.05, 4.69) is 21.3 Å². The number of aryl methyl sites for hydroxylation is 1. The number of urea groups is 1. The smallest absolute Gasteiger partial charge is 0.335 e. The van der Waals surface area contributed by atoms with E-state index in [-0.39, 0.29) is 30.3 Å². The number of carbonyl (C=O) groups is 3. The normalized spacial score (nSPS) is 11.3. The van der Waals surface area contributed by atoms with Gasteiger partial charge in [-0.3, -0.25) is 10.1 Å². The largest absolute Gasteiger partial charge is 0.478 e. The lowest BCUT2D eigenvalue weighted by Gasteiger charge is -2.18. The van der Waals surface area contributed by atoms with Crippen LogP contribution in [0.2, 0.25) is 0 Å². The predicted molar refractivity (Wildman–Crippen MR) is 140 cm³/mol. The third-order valence-electron chi connectivity index (χ3n) is 5.39. The van der Waals surface area contributed by atoms with Crippen LogP contribution in [0.5, 0.6) is 5.75 Å². The Morgan fingerprint density at radius 1 is 0.944 bits per heavy atom. The maximum atomic E-state index is 12.4. The third kappa shape index (κ3) is 7.57. The molecule has 0 saturated heterocycles. The highest BCUT2D eigenvalue weighted by atomic mass is 16.5. The van der Waals surface area contributed by atoms with Crippen molar-refractivity contribution in [1.82, 2.24) is 5.32 Å². The van der Waals surface area contributed by atoms with Crippen molar-refractivity contribution in [2.75, 3.05) is 29.5 Å². The van der Waals surface area contributed by atoms with Crippen molar-refractivity contribution in [1.29, 1.82) is 0 Å². The Kier molecular flexibility index (Phi) is 9.01. The van der Waals surface area contributed by atoms with Crippen molar-refractivity contribution in [2.45, 2.75) is 26.5 Å². The number of aromatic carboxylic acids is 1. The van der Waals surface area contributed by atoms with Crippen LogP contribution < -0.4 is 26.0 Å². The maximum absolute atomic E-state index is 12.4. The molecule has 36 heavy (non-hydrogen) atoms. The number of ether oxygens (including phenoxy) is 1. The molecule has 0 aliphatic carbocycles. The number of nitrogens with one attached hydrogen (secondary N) is 4. The fraction of sp³-hybridized carbons (Fsp3) is 0.222. The van der Waals surface area contributed by atoms with E-state index in [9.17, 15) is 14.4 Å². The summed E-state index contributed by atoms with van der Waals surface area (Å²) in [5, 5.41) is 20.6. The van der Waals surface area contributed by atoms with E-state index in [0.29, 0.717) is 17.1 Å². The summed E-state index contributed by atoms with van der Waals surface area (Å²) in [5.41, 5.74) is 3.83. The number of rotatable bonds is 11. The monoisotopic (exact) mass is 490 g/mol. The van der Waals surface area contributed by atoms with Gasteiger partial charge in [0.2, 0.25) is 0 Å². The van der Waals surface area contributed by atoms with Crippen molar-refractivity contribution >= 4 is 34.8 Å². The molecule has 0 aliphatic rings. The van der Waals surface area contributed by atoms with Gasteiger partial charge in [0.05, 0.1) is 17.8 Å². The van der Waals surface area contributed by atoms with Crippen molar-refractivity contribution in [3.05, 3.63) is 83.4 Å². The molecule has 0 bridgehead atoms. The van der Waals surface area contributed by atoms with E-state index in [1.165, 1.54) is 12.1 Å². The summed E-state index contributed by atoms with van der Waals surface area (Å²) in [6.45, 7) is 3.78. The number of amides is 2. The summed E-state index contributed by atoms with van der Waals surface area (Å²) in [6, 6.07) is 18.8. The second-order valence-electron chi connectivity index (χ2n) is 8.21. The second kappa shape index (κ2) is 12.4. The Balaban J connectivity index is 1.45. The number of carbonyl (C=O) groups excluding carboxylic acids is 2. The second-order valence-corrected chi connectivity index (χ2v) is 8.21. The van der Waals surface area contributed by atoms with E-state index in [4.69, 9.17) is 9.84 Å². The molecule has 3 aromatic rings. The predicted octanol–water partition coefficient (Wildman–Crippen LogP) is 4.51. The van der Waals surface area contributed by atoms with Crippen LogP contribution in [-0.2, 0) is 11.2 Å². The van der Waals surface area contributed by atoms with Gasteiger partial charge < -0.3 is 25.8 Å². The highest BCUT2D eigenvalue weighted by Crippen LogP contribution is 2.26. The van der Waals surface area contributed by atoms with Gasteiger partial charge in [0.25, 0.3) is 0 Å². The Morgan fingerprint density at radius 3 is 2.33 bits per heavy atom. The number of anilines is 3. The molecule has 0 aromatic heterocycles. The third-order valence-corrected chi connectivity index (χ3v) is 5.39. The highest BCUT2D eigenvalue weighted by Gasteiger charge is 2.13. The molecule has 9 heteroatoms. The Labute approximate surface area is 209 Å². The van der Waals surface area contributed by atoms with E-state index >= 15 is 0 Å². The Bertz CT molecular complexity index is 1230. The van der Waals surface area contributed by atoms with Crippen LogP contribution >= 0.6 is 0 Å². The molecule has 3 aromatic carbocycles. The molecule has 0 spiro atoms. The van der Waals surface area contributed by atoms with E-state index < -0.39 is 12.2 Å². The summed E-state index contributed by atoms with van der Waals surface area (Å²) in [4.78, 5) is 35.8. The molecule has 3 rings (SSSR count). The van der Waals surface area contributed by atoms with Crippen LogP contribution in [0.15, 0.2) is 66.7 Å². The lowest BCUT2D eigenvalue weighted by atomic mass is 10.1. The Morgan fingerprint density at radius 2 is 1.67 bits per heavy atom. The maximum Gasteiger partial charge on any atom is 0.335 e. The van der Waals surface area contributed by atoms with Crippen molar-refractivity contribution < 1.29 is 24.2 Å². The van der Waals surface area contributed by atoms with Gasteiger partial charge in [-0.2, -0.15) is 0 Å². The first-order valence-electron chi connectivity index (χ1n) is 11.4. The number of carboxylic acids is 1. The first-order chi connectivity index (χ1) is 17.2. The van der Waals surface area contributed by atoms with Gasteiger partial charge in [-0.05, 0) is 61.4 Å². The van der Waals surface area contributed by atoms with Crippen molar-refractivity contribution in [2.24, 2.45) is 0 Å². The molecule has 9 nitrogen and oxygen atoms in total. The van der Waals surface area contributed by atoms with Crippen LogP contribution in [0, 0.1) is 6.92 Å². The summed E-state index contributed by atoms with van der Waals surface area (Å²) < 4.78 is 5.81. The lowest BCUT2D eigenvalue weighted by Crippen LogP contribution is -2.36. The quantitative estimate of drug-likeness (QED) is 0.250. The van der Waals surface area contributed by atoms with Crippen LogP contribution in [0.4, 0.5) is 21.9 Å². The van der Waals surface area contributed by atoms with E-state index in [1.807, 2.05) is 31.2 Å². The van der Waals surface area contributed by atoms with E-state index in [1.54, 1.807) is 44.3 Å². The Hall–Kier alpha value is -4.37. The van der Waals surface area contributed by atoms with Crippen LogP contribution in [0.25, 0.3) is 0 Å². The average Bonchev–Trinajstić information content (AvgIpc) is 2.85. The van der Waals surface area contributed by atoms with Gasteiger partial charge in [-0.15, -0.1) is 0 Å². The molecule has 5 N–H and O–H groups in total. The molecule has 0 fully saturated rings. The zero-order chi connectivity index (χ0) is 26.1. The molecule has 0 saturated carbocycles. The van der Waals surface area contributed by atoms with Gasteiger partial charge in [0.15, 0.2) is 5.78 Å². The minimum Gasteiger partial charge on any atom is -0.478 e. The van der Waals surface area contributed by atoms with Crippen molar-refractivity contribution in [3.63, 3.8) is 0 Å². The van der Waals surface area contributed by atoms with Gasteiger partial charge in [0, 0.05) is 24.8 Å². The summed E-state index contributed by atoms with van der Waals surface area (Å²) in [5.74, 6) is -0.577. The van der Waals surface area contributed by atoms with Gasteiger partial charge in [-0.1, -0.05) is 30.3 Å². The molecular formula is C27H30N4O5. The number of hydrogen-bond donors (Lipinski definition) is 5. The first-order valence-corrected chi connectivity index (χ1v) is 11.4. The molecule has 1 atom stereocenters. The molecular weight excluding hydrogens is 460 g/mol. The summed E-state index contributed by atoms with van der Waals surface area (Å²) in [6.07, 6.45) is -0.250. The molecule has 188 valence electrons. The lowest BCUT2D eigenvalue weighted by molar-refractivity contribution is -0.118. The van der Waals surface area contributed by atoms with Crippen molar-refractivity contribution in [3.8, 4) is 5.75 Å². The fourth-order valence-electron chi connectivity index (χ4n) is 3.44.